The van der Waals surface area contributed by atoms with Gasteiger partial charge in [0.1, 0.15) is 0 Å². The molecule has 2 nitrogen and oxygen atoms in total. The standard InChI is InChI=1S/C13H16N2/c1-4-13(2,3)12-6-5-10-9-14-8-7-11(10)15-12/h5-9H,4H2,1-3H3. The first-order valence-electron chi connectivity index (χ1n) is 5.35. The fourth-order valence-corrected chi connectivity index (χ4v) is 1.52. The minimum absolute atomic E-state index is 0.150. The minimum Gasteiger partial charge on any atom is -0.264 e. The van der Waals surface area contributed by atoms with Crippen LogP contribution >= 0.6 is 0 Å². The van der Waals surface area contributed by atoms with Gasteiger partial charge in [0.05, 0.1) is 5.52 Å². The highest BCUT2D eigenvalue weighted by Crippen LogP contribution is 2.26. The van der Waals surface area contributed by atoms with Crippen LogP contribution in [-0.4, -0.2) is 9.97 Å². The van der Waals surface area contributed by atoms with Gasteiger partial charge in [-0.2, -0.15) is 0 Å². The van der Waals surface area contributed by atoms with Crippen LogP contribution in [0.15, 0.2) is 30.6 Å². The SMILES string of the molecule is CCC(C)(C)c1ccc2cnccc2n1. The molecule has 0 aromatic carbocycles. The number of pyridine rings is 2. The van der Waals surface area contributed by atoms with Crippen molar-refractivity contribution in [3.63, 3.8) is 0 Å². The number of hydrogen-bond acceptors (Lipinski definition) is 2. The molecule has 0 saturated heterocycles. The summed E-state index contributed by atoms with van der Waals surface area (Å²) in [6.07, 6.45) is 4.74. The van der Waals surface area contributed by atoms with E-state index in [2.05, 4.69) is 42.9 Å². The van der Waals surface area contributed by atoms with Gasteiger partial charge in [0.25, 0.3) is 0 Å². The molecule has 0 atom stereocenters. The summed E-state index contributed by atoms with van der Waals surface area (Å²) >= 11 is 0. The molecule has 0 amide bonds. The van der Waals surface area contributed by atoms with Crippen molar-refractivity contribution in [1.29, 1.82) is 0 Å². The van der Waals surface area contributed by atoms with Crippen LogP contribution in [0.3, 0.4) is 0 Å². The van der Waals surface area contributed by atoms with Crippen LogP contribution < -0.4 is 0 Å². The van der Waals surface area contributed by atoms with Crippen LogP contribution in [0.1, 0.15) is 32.9 Å². The topological polar surface area (TPSA) is 25.8 Å². The lowest BCUT2D eigenvalue weighted by molar-refractivity contribution is 0.492. The Bertz CT molecular complexity index is 475. The third kappa shape index (κ3) is 1.84. The summed E-state index contributed by atoms with van der Waals surface area (Å²) < 4.78 is 0. The van der Waals surface area contributed by atoms with Crippen molar-refractivity contribution in [3.8, 4) is 0 Å². The van der Waals surface area contributed by atoms with Gasteiger partial charge in [0.15, 0.2) is 0 Å². The smallest absolute Gasteiger partial charge is 0.0736 e. The normalized spacial score (nSPS) is 11.9. The molecule has 0 radical (unpaired) electrons. The van der Waals surface area contributed by atoms with Crippen molar-refractivity contribution < 1.29 is 0 Å². The maximum Gasteiger partial charge on any atom is 0.0736 e. The average molecular weight is 200 g/mol. The largest absolute Gasteiger partial charge is 0.264 e. The third-order valence-corrected chi connectivity index (χ3v) is 3.07. The fourth-order valence-electron chi connectivity index (χ4n) is 1.52. The maximum absolute atomic E-state index is 4.68. The molecule has 2 aromatic heterocycles. The van der Waals surface area contributed by atoms with Crippen molar-refractivity contribution in [3.05, 3.63) is 36.3 Å². The van der Waals surface area contributed by atoms with E-state index < -0.39 is 0 Å². The molecule has 0 fully saturated rings. The number of hydrogen-bond donors (Lipinski definition) is 0. The highest BCUT2D eigenvalue weighted by atomic mass is 14.7. The Hall–Kier alpha value is -1.44. The fraction of sp³-hybridized carbons (Fsp3) is 0.385. The second-order valence-electron chi connectivity index (χ2n) is 4.50. The Labute approximate surface area is 90.4 Å². The van der Waals surface area contributed by atoms with Gasteiger partial charge in [0, 0.05) is 28.9 Å². The van der Waals surface area contributed by atoms with Crippen molar-refractivity contribution in [2.45, 2.75) is 32.6 Å². The zero-order valence-electron chi connectivity index (χ0n) is 9.49. The molecule has 0 N–H and O–H groups in total. The average Bonchev–Trinajstić information content (AvgIpc) is 2.28. The predicted octanol–water partition coefficient (Wildman–Crippen LogP) is 3.32. The Morgan fingerprint density at radius 3 is 2.73 bits per heavy atom. The first-order valence-corrected chi connectivity index (χ1v) is 5.35. The Morgan fingerprint density at radius 2 is 2.00 bits per heavy atom. The second kappa shape index (κ2) is 3.61. The van der Waals surface area contributed by atoms with Gasteiger partial charge in [-0.15, -0.1) is 0 Å². The molecule has 2 heteroatoms. The van der Waals surface area contributed by atoms with Gasteiger partial charge in [-0.3, -0.25) is 9.97 Å². The van der Waals surface area contributed by atoms with Gasteiger partial charge < -0.3 is 0 Å². The lowest BCUT2D eigenvalue weighted by Crippen LogP contribution is -2.17. The van der Waals surface area contributed by atoms with Crippen LogP contribution in [0.5, 0.6) is 0 Å². The van der Waals surface area contributed by atoms with E-state index in [0.29, 0.717) is 0 Å². The molecule has 0 aliphatic carbocycles. The molecule has 0 aliphatic heterocycles. The van der Waals surface area contributed by atoms with E-state index in [4.69, 9.17) is 0 Å². The van der Waals surface area contributed by atoms with Crippen LogP contribution in [0.4, 0.5) is 0 Å². The Kier molecular flexibility index (Phi) is 2.43. The van der Waals surface area contributed by atoms with Crippen molar-refractivity contribution in [1.82, 2.24) is 9.97 Å². The van der Waals surface area contributed by atoms with E-state index >= 15 is 0 Å². The maximum atomic E-state index is 4.68. The third-order valence-electron chi connectivity index (χ3n) is 3.07. The Morgan fingerprint density at radius 1 is 1.20 bits per heavy atom. The summed E-state index contributed by atoms with van der Waals surface area (Å²) in [5.74, 6) is 0. The van der Waals surface area contributed by atoms with Gasteiger partial charge in [-0.25, -0.2) is 0 Å². The minimum atomic E-state index is 0.150. The second-order valence-corrected chi connectivity index (χ2v) is 4.50. The summed E-state index contributed by atoms with van der Waals surface area (Å²) in [6.45, 7) is 6.64. The molecule has 2 heterocycles. The summed E-state index contributed by atoms with van der Waals surface area (Å²) in [5.41, 5.74) is 2.34. The summed E-state index contributed by atoms with van der Waals surface area (Å²) in [5, 5.41) is 1.10. The summed E-state index contributed by atoms with van der Waals surface area (Å²) in [7, 11) is 0. The number of fused-ring (bicyclic) bond motifs is 1. The van der Waals surface area contributed by atoms with E-state index in [0.717, 1.165) is 23.0 Å². The Balaban J connectivity index is 2.56. The zero-order chi connectivity index (χ0) is 10.9. The van der Waals surface area contributed by atoms with Gasteiger partial charge in [-0.1, -0.05) is 20.8 Å². The van der Waals surface area contributed by atoms with E-state index in [9.17, 15) is 0 Å². The summed E-state index contributed by atoms with van der Waals surface area (Å²) in [6, 6.07) is 6.17. The van der Waals surface area contributed by atoms with Crippen LogP contribution in [0.25, 0.3) is 10.9 Å². The molecule has 0 bridgehead atoms. The van der Waals surface area contributed by atoms with Crippen molar-refractivity contribution in [2.75, 3.05) is 0 Å². The van der Waals surface area contributed by atoms with Crippen LogP contribution in [-0.2, 0) is 5.41 Å². The lowest BCUT2D eigenvalue weighted by atomic mass is 9.86. The van der Waals surface area contributed by atoms with Crippen LogP contribution in [0, 0.1) is 0 Å². The van der Waals surface area contributed by atoms with E-state index in [-0.39, 0.29) is 5.41 Å². The van der Waals surface area contributed by atoms with Gasteiger partial charge >= 0.3 is 0 Å². The molecule has 0 saturated carbocycles. The number of nitrogens with zero attached hydrogens (tertiary/aromatic N) is 2. The zero-order valence-corrected chi connectivity index (χ0v) is 9.49. The molecule has 78 valence electrons. The lowest BCUT2D eigenvalue weighted by Gasteiger charge is -2.22. The molecule has 0 aliphatic rings. The molecular formula is C13H16N2. The first kappa shape index (κ1) is 10.1. The van der Waals surface area contributed by atoms with Crippen LogP contribution in [0.2, 0.25) is 0 Å². The molecule has 2 aromatic rings. The molecule has 0 unspecified atom stereocenters. The molecular weight excluding hydrogens is 184 g/mol. The van der Waals surface area contributed by atoms with Gasteiger partial charge in [-0.05, 0) is 24.6 Å². The first-order chi connectivity index (χ1) is 7.13. The van der Waals surface area contributed by atoms with Gasteiger partial charge in [0.2, 0.25) is 0 Å². The highest BCUT2D eigenvalue weighted by Gasteiger charge is 2.19. The summed E-state index contributed by atoms with van der Waals surface area (Å²) in [4.78, 5) is 8.76. The molecule has 15 heavy (non-hydrogen) atoms. The van der Waals surface area contributed by atoms with Crippen molar-refractivity contribution in [2.24, 2.45) is 0 Å². The van der Waals surface area contributed by atoms with E-state index in [1.54, 1.807) is 6.20 Å². The molecule has 2 rings (SSSR count). The van der Waals surface area contributed by atoms with E-state index in [1.807, 2.05) is 12.3 Å². The monoisotopic (exact) mass is 200 g/mol. The van der Waals surface area contributed by atoms with E-state index in [1.165, 1.54) is 0 Å². The van der Waals surface area contributed by atoms with Crippen molar-refractivity contribution >= 4 is 10.9 Å². The highest BCUT2D eigenvalue weighted by molar-refractivity contribution is 5.77. The predicted molar refractivity (Wildman–Crippen MR) is 62.9 cm³/mol. The number of aromatic nitrogens is 2. The molecule has 0 spiro atoms. The number of rotatable bonds is 2. The quantitative estimate of drug-likeness (QED) is 0.743.